The molecule has 0 saturated heterocycles. The summed E-state index contributed by atoms with van der Waals surface area (Å²) in [6.07, 6.45) is 6.91. The number of halogens is 2. The maximum absolute atomic E-state index is 14.4. The SMILES string of the molecule is C=C/C(=C\C=C(/C)C(F)(F)CNCc1ccc(CC)c(CC)c1)C(C)C. The minimum atomic E-state index is -2.88. The third-order valence-corrected chi connectivity index (χ3v) is 4.71. The third kappa shape index (κ3) is 6.53. The molecule has 0 fully saturated rings. The molecule has 0 spiro atoms. The van der Waals surface area contributed by atoms with Crippen molar-refractivity contribution >= 4 is 0 Å². The molecule has 0 aliphatic heterocycles. The summed E-state index contributed by atoms with van der Waals surface area (Å²) in [5, 5.41) is 2.90. The minimum Gasteiger partial charge on any atom is -0.307 e. The van der Waals surface area contributed by atoms with Crippen LogP contribution in [0.25, 0.3) is 0 Å². The Morgan fingerprint density at radius 1 is 1.15 bits per heavy atom. The number of aryl methyl sites for hydroxylation is 2. The maximum atomic E-state index is 14.4. The average Bonchev–Trinajstić information content (AvgIpc) is 2.61. The Morgan fingerprint density at radius 2 is 1.81 bits per heavy atom. The maximum Gasteiger partial charge on any atom is 0.281 e. The van der Waals surface area contributed by atoms with Gasteiger partial charge in [-0.05, 0) is 53.5 Å². The Kier molecular flexibility index (Phi) is 8.94. The first-order valence-corrected chi connectivity index (χ1v) is 9.45. The number of alkyl halides is 2. The van der Waals surface area contributed by atoms with Gasteiger partial charge in [0.2, 0.25) is 0 Å². The number of allylic oxidation sites excluding steroid dienone is 4. The van der Waals surface area contributed by atoms with Crippen molar-refractivity contribution in [3.8, 4) is 0 Å². The van der Waals surface area contributed by atoms with Crippen LogP contribution in [0.2, 0.25) is 0 Å². The summed E-state index contributed by atoms with van der Waals surface area (Å²) in [6, 6.07) is 6.24. The number of hydrogen-bond acceptors (Lipinski definition) is 1. The van der Waals surface area contributed by atoms with Gasteiger partial charge in [0.1, 0.15) is 0 Å². The van der Waals surface area contributed by atoms with Crippen LogP contribution in [0.4, 0.5) is 8.78 Å². The highest BCUT2D eigenvalue weighted by atomic mass is 19.3. The zero-order valence-electron chi connectivity index (χ0n) is 16.8. The molecule has 144 valence electrons. The molecule has 0 atom stereocenters. The van der Waals surface area contributed by atoms with Gasteiger partial charge in [0.05, 0.1) is 6.54 Å². The fourth-order valence-electron chi connectivity index (χ4n) is 2.81. The van der Waals surface area contributed by atoms with Gasteiger partial charge in [0.25, 0.3) is 5.92 Å². The normalized spacial score (nSPS) is 13.4. The highest BCUT2D eigenvalue weighted by Gasteiger charge is 2.30. The lowest BCUT2D eigenvalue weighted by molar-refractivity contribution is 0.0416. The van der Waals surface area contributed by atoms with E-state index in [0.717, 1.165) is 24.0 Å². The first-order valence-electron chi connectivity index (χ1n) is 9.45. The van der Waals surface area contributed by atoms with E-state index in [9.17, 15) is 8.78 Å². The second kappa shape index (κ2) is 10.4. The fourth-order valence-corrected chi connectivity index (χ4v) is 2.81. The Labute approximate surface area is 157 Å². The highest BCUT2D eigenvalue weighted by Crippen LogP contribution is 2.24. The summed E-state index contributed by atoms with van der Waals surface area (Å²) in [4.78, 5) is 0. The van der Waals surface area contributed by atoms with Gasteiger partial charge in [-0.25, -0.2) is 8.78 Å². The van der Waals surface area contributed by atoms with Crippen LogP contribution < -0.4 is 5.32 Å². The van der Waals surface area contributed by atoms with Gasteiger partial charge in [-0.15, -0.1) is 0 Å². The summed E-state index contributed by atoms with van der Waals surface area (Å²) in [5.41, 5.74) is 4.68. The monoisotopic (exact) mass is 361 g/mol. The van der Waals surface area contributed by atoms with Crippen molar-refractivity contribution in [3.05, 3.63) is 70.8 Å². The largest absolute Gasteiger partial charge is 0.307 e. The number of hydrogen-bond donors (Lipinski definition) is 1. The molecule has 0 saturated carbocycles. The molecule has 1 rings (SSSR count). The zero-order valence-corrected chi connectivity index (χ0v) is 16.8. The second-order valence-electron chi connectivity index (χ2n) is 6.99. The summed E-state index contributed by atoms with van der Waals surface area (Å²) in [7, 11) is 0. The molecule has 0 bridgehead atoms. The molecular formula is C23H33F2N. The van der Waals surface area contributed by atoms with Gasteiger partial charge in [0.15, 0.2) is 0 Å². The van der Waals surface area contributed by atoms with Gasteiger partial charge in [-0.3, -0.25) is 0 Å². The molecule has 1 aromatic carbocycles. The summed E-state index contributed by atoms with van der Waals surface area (Å²) in [5.74, 6) is -2.61. The van der Waals surface area contributed by atoms with Crippen LogP contribution in [0.15, 0.2) is 54.2 Å². The Balaban J connectivity index is 2.72. The summed E-state index contributed by atoms with van der Waals surface area (Å²) >= 11 is 0. The molecule has 0 radical (unpaired) electrons. The van der Waals surface area contributed by atoms with Crippen LogP contribution in [0.5, 0.6) is 0 Å². The Hall–Kier alpha value is -1.74. The van der Waals surface area contributed by atoms with Gasteiger partial charge in [-0.2, -0.15) is 0 Å². The quantitative estimate of drug-likeness (QED) is 0.486. The van der Waals surface area contributed by atoms with Crippen molar-refractivity contribution in [2.75, 3.05) is 6.54 Å². The second-order valence-corrected chi connectivity index (χ2v) is 6.99. The molecular weight excluding hydrogens is 328 g/mol. The van der Waals surface area contributed by atoms with Gasteiger partial charge in [0, 0.05) is 6.54 Å². The van der Waals surface area contributed by atoms with E-state index in [2.05, 4.69) is 37.9 Å². The van der Waals surface area contributed by atoms with Crippen LogP contribution in [0.1, 0.15) is 51.3 Å². The number of rotatable bonds is 10. The molecule has 0 amide bonds. The van der Waals surface area contributed by atoms with E-state index in [1.165, 1.54) is 24.1 Å². The van der Waals surface area contributed by atoms with Crippen molar-refractivity contribution in [1.82, 2.24) is 5.32 Å². The predicted octanol–water partition coefficient (Wildman–Crippen LogP) is 6.25. The van der Waals surface area contributed by atoms with E-state index in [4.69, 9.17) is 0 Å². The van der Waals surface area contributed by atoms with E-state index in [1.807, 2.05) is 19.9 Å². The third-order valence-electron chi connectivity index (χ3n) is 4.71. The first kappa shape index (κ1) is 22.3. The Bertz CT molecular complexity index is 654. The zero-order chi connectivity index (χ0) is 19.7. The van der Waals surface area contributed by atoms with Crippen LogP contribution in [0, 0.1) is 5.92 Å². The van der Waals surface area contributed by atoms with E-state index < -0.39 is 5.92 Å². The van der Waals surface area contributed by atoms with E-state index in [0.29, 0.717) is 6.54 Å². The van der Waals surface area contributed by atoms with E-state index in [1.54, 1.807) is 12.2 Å². The van der Waals surface area contributed by atoms with Crippen molar-refractivity contribution in [2.45, 2.75) is 59.9 Å². The van der Waals surface area contributed by atoms with Crippen molar-refractivity contribution in [2.24, 2.45) is 5.92 Å². The Morgan fingerprint density at radius 3 is 2.35 bits per heavy atom. The van der Waals surface area contributed by atoms with E-state index in [-0.39, 0.29) is 18.0 Å². The van der Waals surface area contributed by atoms with Crippen LogP contribution in [-0.2, 0) is 19.4 Å². The molecule has 26 heavy (non-hydrogen) atoms. The van der Waals surface area contributed by atoms with Gasteiger partial charge < -0.3 is 5.32 Å². The van der Waals surface area contributed by atoms with Crippen molar-refractivity contribution < 1.29 is 8.78 Å². The molecule has 0 aliphatic rings. The van der Waals surface area contributed by atoms with E-state index >= 15 is 0 Å². The minimum absolute atomic E-state index is 0.0561. The number of benzene rings is 1. The van der Waals surface area contributed by atoms with Crippen LogP contribution in [-0.4, -0.2) is 12.5 Å². The molecule has 3 heteroatoms. The van der Waals surface area contributed by atoms with Crippen molar-refractivity contribution in [1.29, 1.82) is 0 Å². The smallest absolute Gasteiger partial charge is 0.281 e. The topological polar surface area (TPSA) is 12.0 Å². The summed E-state index contributed by atoms with van der Waals surface area (Å²) < 4.78 is 28.7. The molecule has 0 unspecified atom stereocenters. The number of nitrogens with one attached hydrogen (secondary N) is 1. The first-order chi connectivity index (χ1) is 12.2. The highest BCUT2D eigenvalue weighted by molar-refractivity contribution is 5.32. The lowest BCUT2D eigenvalue weighted by Gasteiger charge is -2.18. The van der Waals surface area contributed by atoms with Gasteiger partial charge >= 0.3 is 0 Å². The fraction of sp³-hybridized carbons (Fsp3) is 0.478. The van der Waals surface area contributed by atoms with Crippen LogP contribution >= 0.6 is 0 Å². The lowest BCUT2D eigenvalue weighted by atomic mass is 10.00. The van der Waals surface area contributed by atoms with Gasteiger partial charge in [-0.1, -0.05) is 70.7 Å². The predicted molar refractivity (Wildman–Crippen MR) is 109 cm³/mol. The average molecular weight is 362 g/mol. The molecule has 1 aromatic rings. The van der Waals surface area contributed by atoms with Crippen molar-refractivity contribution in [3.63, 3.8) is 0 Å². The molecule has 0 aromatic heterocycles. The molecule has 1 N–H and O–H groups in total. The standard InChI is InChI=1S/C23H33F2N/c1-7-20(17(4)5)12-10-18(6)23(24,25)16-26-15-19-11-13-21(8-2)22(9-3)14-19/h7,10-14,17,26H,1,8-9,15-16H2,2-6H3/b18-10+,20-12+. The molecule has 0 heterocycles. The summed E-state index contributed by atoms with van der Waals surface area (Å²) in [6.45, 7) is 13.6. The lowest BCUT2D eigenvalue weighted by Crippen LogP contribution is -2.33. The van der Waals surface area contributed by atoms with Crippen LogP contribution in [0.3, 0.4) is 0 Å². The molecule has 1 nitrogen and oxygen atoms in total. The molecule has 0 aliphatic carbocycles.